The van der Waals surface area contributed by atoms with E-state index in [9.17, 15) is 0 Å². The van der Waals surface area contributed by atoms with Crippen LogP contribution < -0.4 is 0 Å². The number of benzene rings is 1. The maximum Gasteiger partial charge on any atom is 0.223 e. The van der Waals surface area contributed by atoms with Crippen LogP contribution in [0.5, 0.6) is 0 Å². The molecule has 0 spiro atoms. The molecule has 0 aliphatic carbocycles. The molecule has 0 fully saturated rings. The predicted octanol–water partition coefficient (Wildman–Crippen LogP) is 2.67. The van der Waals surface area contributed by atoms with Gasteiger partial charge in [-0.25, -0.2) is 4.99 Å². The summed E-state index contributed by atoms with van der Waals surface area (Å²) >= 11 is 0. The van der Waals surface area contributed by atoms with Gasteiger partial charge in [0, 0.05) is 25.9 Å². The van der Waals surface area contributed by atoms with Gasteiger partial charge in [0.05, 0.1) is 17.9 Å². The van der Waals surface area contributed by atoms with E-state index in [1.165, 1.54) is 0 Å². The average Bonchev–Trinajstić information content (AvgIpc) is 2.57. The van der Waals surface area contributed by atoms with Gasteiger partial charge in [-0.1, -0.05) is 18.2 Å². The third-order valence-corrected chi connectivity index (χ3v) is 2.31. The summed E-state index contributed by atoms with van der Waals surface area (Å²) in [5.74, 6) is 0.720. The molecule has 0 N–H and O–H groups in total. The topological polar surface area (TPSA) is 24.8 Å². The molecule has 0 atom stereocenters. The van der Waals surface area contributed by atoms with Crippen molar-refractivity contribution >= 4 is 17.2 Å². The van der Waals surface area contributed by atoms with Crippen LogP contribution >= 0.6 is 0 Å². The Morgan fingerprint density at radius 1 is 1.31 bits per heavy atom. The number of ether oxygens (including phenoxy) is 1. The summed E-state index contributed by atoms with van der Waals surface area (Å²) in [5.41, 5.74) is 3.18. The van der Waals surface area contributed by atoms with E-state index in [1.54, 1.807) is 0 Å². The van der Waals surface area contributed by atoms with E-state index in [0.29, 0.717) is 6.61 Å². The number of hydrogen-bond acceptors (Lipinski definition) is 3. The molecule has 1 aliphatic rings. The molecule has 0 unspecified atom stereocenters. The molecular weight excluding hydrogens is 200 g/mol. The smallest absolute Gasteiger partial charge is 0.223 e. The summed E-state index contributed by atoms with van der Waals surface area (Å²) in [4.78, 5) is 6.48. The molecule has 3 heteroatoms. The fourth-order valence-electron chi connectivity index (χ4n) is 1.71. The van der Waals surface area contributed by atoms with Crippen LogP contribution in [0.25, 0.3) is 5.57 Å². The Labute approximate surface area is 96.1 Å². The Bertz CT molecular complexity index is 447. The summed E-state index contributed by atoms with van der Waals surface area (Å²) in [6, 6.07) is 8.09. The van der Waals surface area contributed by atoms with Crippen LogP contribution in [0.15, 0.2) is 35.5 Å². The van der Waals surface area contributed by atoms with Crippen molar-refractivity contribution in [3.05, 3.63) is 36.0 Å². The zero-order valence-corrected chi connectivity index (χ0v) is 9.90. The molecule has 0 amide bonds. The summed E-state index contributed by atoms with van der Waals surface area (Å²) in [6.45, 7) is 2.61. The monoisotopic (exact) mass is 216 g/mol. The number of nitrogens with zero attached hydrogens (tertiary/aromatic N) is 2. The van der Waals surface area contributed by atoms with Crippen LogP contribution in [0.4, 0.5) is 5.69 Å². The van der Waals surface area contributed by atoms with E-state index in [0.717, 1.165) is 22.7 Å². The van der Waals surface area contributed by atoms with Crippen molar-refractivity contribution in [3.8, 4) is 0 Å². The number of fused-ring (bicyclic) bond motifs is 1. The van der Waals surface area contributed by atoms with E-state index in [1.807, 2.05) is 50.3 Å². The zero-order chi connectivity index (χ0) is 11.5. The first-order chi connectivity index (χ1) is 7.72. The van der Waals surface area contributed by atoms with Gasteiger partial charge in [0.15, 0.2) is 0 Å². The highest BCUT2D eigenvalue weighted by atomic mass is 16.5. The van der Waals surface area contributed by atoms with Crippen LogP contribution in [-0.4, -0.2) is 31.5 Å². The second kappa shape index (κ2) is 4.39. The first-order valence-corrected chi connectivity index (χ1v) is 5.42. The van der Waals surface area contributed by atoms with Gasteiger partial charge in [0.1, 0.15) is 0 Å². The normalized spacial score (nSPS) is 15.9. The Balaban J connectivity index is 2.44. The summed E-state index contributed by atoms with van der Waals surface area (Å²) in [6.07, 6.45) is 2.04. The Morgan fingerprint density at radius 3 is 2.75 bits per heavy atom. The molecule has 1 heterocycles. The maximum atomic E-state index is 5.55. The molecule has 16 heavy (non-hydrogen) atoms. The lowest BCUT2D eigenvalue weighted by Gasteiger charge is -2.10. The molecule has 0 aromatic heterocycles. The molecule has 0 bridgehead atoms. The van der Waals surface area contributed by atoms with Gasteiger partial charge in [-0.05, 0) is 13.0 Å². The standard InChI is InChI=1S/C13H16N2O/c1-4-16-13-11(9-15(2)3)10-7-5-6-8-12(10)14-13/h5-9H,4H2,1-3H3/b11-9-. The molecule has 3 nitrogen and oxygen atoms in total. The van der Waals surface area contributed by atoms with Crippen molar-refractivity contribution in [2.45, 2.75) is 6.92 Å². The van der Waals surface area contributed by atoms with Gasteiger partial charge in [-0.3, -0.25) is 0 Å². The van der Waals surface area contributed by atoms with Crippen LogP contribution in [0.1, 0.15) is 12.5 Å². The maximum absolute atomic E-state index is 5.55. The van der Waals surface area contributed by atoms with Crippen molar-refractivity contribution in [1.82, 2.24) is 4.90 Å². The highest BCUT2D eigenvalue weighted by Crippen LogP contribution is 2.34. The van der Waals surface area contributed by atoms with Gasteiger partial charge in [-0.2, -0.15) is 0 Å². The van der Waals surface area contributed by atoms with E-state index in [4.69, 9.17) is 4.74 Å². The zero-order valence-electron chi connectivity index (χ0n) is 9.90. The fourth-order valence-corrected chi connectivity index (χ4v) is 1.71. The van der Waals surface area contributed by atoms with Gasteiger partial charge >= 0.3 is 0 Å². The Morgan fingerprint density at radius 2 is 2.06 bits per heavy atom. The number of aliphatic imine (C=N–C) groups is 1. The molecule has 2 rings (SSSR count). The van der Waals surface area contributed by atoms with E-state index < -0.39 is 0 Å². The van der Waals surface area contributed by atoms with Crippen LogP contribution in [0.2, 0.25) is 0 Å². The van der Waals surface area contributed by atoms with Gasteiger partial charge in [0.25, 0.3) is 0 Å². The molecule has 0 saturated heterocycles. The summed E-state index contributed by atoms with van der Waals surface area (Å²) < 4.78 is 5.55. The predicted molar refractivity (Wildman–Crippen MR) is 66.8 cm³/mol. The molecule has 1 aromatic rings. The van der Waals surface area contributed by atoms with E-state index in [-0.39, 0.29) is 0 Å². The Hall–Kier alpha value is -1.77. The first kappa shape index (κ1) is 10.7. The molecule has 1 aromatic carbocycles. The lowest BCUT2D eigenvalue weighted by molar-refractivity contribution is 0.332. The highest BCUT2D eigenvalue weighted by Gasteiger charge is 2.21. The number of rotatable bonds is 2. The molecular formula is C13H16N2O. The lowest BCUT2D eigenvalue weighted by Crippen LogP contribution is -2.09. The minimum atomic E-state index is 0.636. The van der Waals surface area contributed by atoms with Gasteiger partial charge < -0.3 is 9.64 Å². The molecule has 84 valence electrons. The lowest BCUT2D eigenvalue weighted by atomic mass is 10.1. The van der Waals surface area contributed by atoms with Gasteiger partial charge in [0.2, 0.25) is 5.90 Å². The second-order valence-corrected chi connectivity index (χ2v) is 3.87. The number of hydrogen-bond donors (Lipinski definition) is 0. The van der Waals surface area contributed by atoms with E-state index in [2.05, 4.69) is 11.1 Å². The fraction of sp³-hybridized carbons (Fsp3) is 0.308. The SMILES string of the molecule is CCOC1=Nc2ccccc2/C1=C/N(C)C. The van der Waals surface area contributed by atoms with E-state index >= 15 is 0 Å². The van der Waals surface area contributed by atoms with Crippen molar-refractivity contribution in [2.24, 2.45) is 4.99 Å². The minimum absolute atomic E-state index is 0.636. The van der Waals surface area contributed by atoms with Gasteiger partial charge in [-0.15, -0.1) is 0 Å². The van der Waals surface area contributed by atoms with Crippen LogP contribution in [0.3, 0.4) is 0 Å². The molecule has 1 aliphatic heterocycles. The molecule has 0 radical (unpaired) electrons. The Kier molecular flexibility index (Phi) is 2.95. The van der Waals surface area contributed by atoms with Crippen LogP contribution in [-0.2, 0) is 4.74 Å². The third kappa shape index (κ3) is 1.94. The summed E-state index contributed by atoms with van der Waals surface area (Å²) in [5, 5.41) is 0. The number of para-hydroxylation sites is 1. The third-order valence-electron chi connectivity index (χ3n) is 2.31. The van der Waals surface area contributed by atoms with Crippen molar-refractivity contribution in [2.75, 3.05) is 20.7 Å². The van der Waals surface area contributed by atoms with Crippen molar-refractivity contribution in [1.29, 1.82) is 0 Å². The highest BCUT2D eigenvalue weighted by molar-refractivity contribution is 6.25. The van der Waals surface area contributed by atoms with Crippen molar-refractivity contribution in [3.63, 3.8) is 0 Å². The van der Waals surface area contributed by atoms with Crippen LogP contribution in [0, 0.1) is 0 Å². The largest absolute Gasteiger partial charge is 0.477 e. The average molecular weight is 216 g/mol. The second-order valence-electron chi connectivity index (χ2n) is 3.87. The first-order valence-electron chi connectivity index (χ1n) is 5.42. The summed E-state index contributed by atoms with van der Waals surface area (Å²) in [7, 11) is 4.00. The van der Waals surface area contributed by atoms with Crippen molar-refractivity contribution < 1.29 is 4.74 Å². The molecule has 0 saturated carbocycles. The quantitative estimate of drug-likeness (QED) is 0.759. The minimum Gasteiger partial charge on any atom is -0.477 e.